The van der Waals surface area contributed by atoms with E-state index in [4.69, 9.17) is 5.11 Å². The van der Waals surface area contributed by atoms with Gasteiger partial charge in [-0.15, -0.1) is 0 Å². The van der Waals surface area contributed by atoms with Crippen molar-refractivity contribution in [3.63, 3.8) is 0 Å². The number of hydrogen-bond acceptors (Lipinski definition) is 2. The molecule has 0 radical (unpaired) electrons. The molecule has 2 nitrogen and oxygen atoms in total. The van der Waals surface area contributed by atoms with E-state index in [1.54, 1.807) is 0 Å². The molecule has 0 aliphatic rings. The number of aliphatic hydroxyl groups excluding tert-OH is 1. The van der Waals surface area contributed by atoms with E-state index >= 15 is 0 Å². The van der Waals surface area contributed by atoms with Crippen LogP contribution in [-0.2, 0) is 6.42 Å². The third kappa shape index (κ3) is 4.32. The summed E-state index contributed by atoms with van der Waals surface area (Å²) in [4.78, 5) is 0. The van der Waals surface area contributed by atoms with E-state index in [2.05, 4.69) is 46.0 Å². The Bertz CT molecular complexity index is 382. The fourth-order valence-electron chi connectivity index (χ4n) is 2.53. The molecule has 0 spiro atoms. The van der Waals surface area contributed by atoms with Crippen LogP contribution in [0.3, 0.4) is 0 Å². The Balaban J connectivity index is 2.59. The molecule has 0 bridgehead atoms. The Kier molecular flexibility index (Phi) is 6.53. The molecular weight excluding hydrogens is 234 g/mol. The van der Waals surface area contributed by atoms with Crippen LogP contribution in [0.4, 0.5) is 0 Å². The second-order valence-corrected chi connectivity index (χ2v) is 5.65. The minimum atomic E-state index is 0.283. The maximum Gasteiger partial charge on any atom is 0.0471 e. The van der Waals surface area contributed by atoms with Crippen LogP contribution in [0.1, 0.15) is 41.2 Å². The quantitative estimate of drug-likeness (QED) is 0.741. The predicted octanol–water partition coefficient (Wildman–Crippen LogP) is 3.07. The van der Waals surface area contributed by atoms with Gasteiger partial charge in [-0.1, -0.05) is 13.0 Å². The number of benzene rings is 1. The largest absolute Gasteiger partial charge is 0.396 e. The number of hydrogen-bond donors (Lipinski definition) is 2. The fraction of sp³-hybridized carbons (Fsp3) is 0.647. The molecule has 1 rings (SSSR count). The van der Waals surface area contributed by atoms with E-state index in [0.717, 1.165) is 25.9 Å². The fourth-order valence-corrected chi connectivity index (χ4v) is 2.53. The van der Waals surface area contributed by atoms with Gasteiger partial charge in [0.25, 0.3) is 0 Å². The van der Waals surface area contributed by atoms with Crippen molar-refractivity contribution in [2.45, 2.75) is 47.5 Å². The number of aliphatic hydroxyl groups is 1. The minimum absolute atomic E-state index is 0.283. The maximum absolute atomic E-state index is 9.16. The summed E-state index contributed by atoms with van der Waals surface area (Å²) in [6.45, 7) is 13.1. The van der Waals surface area contributed by atoms with Crippen molar-refractivity contribution in [3.8, 4) is 0 Å². The minimum Gasteiger partial charge on any atom is -0.396 e. The average molecular weight is 263 g/mol. The molecule has 0 amide bonds. The molecule has 0 aliphatic carbocycles. The van der Waals surface area contributed by atoms with Crippen molar-refractivity contribution in [2.75, 3.05) is 19.7 Å². The first kappa shape index (κ1) is 16.2. The predicted molar refractivity (Wildman–Crippen MR) is 82.8 cm³/mol. The lowest BCUT2D eigenvalue weighted by molar-refractivity contribution is 0.219. The molecule has 1 atom stereocenters. The molecule has 0 saturated heterocycles. The second kappa shape index (κ2) is 7.66. The van der Waals surface area contributed by atoms with Crippen molar-refractivity contribution >= 4 is 0 Å². The van der Waals surface area contributed by atoms with Gasteiger partial charge in [0.1, 0.15) is 0 Å². The van der Waals surface area contributed by atoms with Gasteiger partial charge < -0.3 is 10.4 Å². The van der Waals surface area contributed by atoms with Crippen molar-refractivity contribution in [2.24, 2.45) is 5.92 Å². The highest BCUT2D eigenvalue weighted by molar-refractivity contribution is 5.44. The normalized spacial score (nSPS) is 12.7. The van der Waals surface area contributed by atoms with E-state index in [-0.39, 0.29) is 6.61 Å². The van der Waals surface area contributed by atoms with Crippen LogP contribution in [0, 0.1) is 33.6 Å². The van der Waals surface area contributed by atoms with Gasteiger partial charge in [0.05, 0.1) is 0 Å². The zero-order chi connectivity index (χ0) is 14.4. The van der Waals surface area contributed by atoms with E-state index in [1.165, 1.54) is 27.8 Å². The highest BCUT2D eigenvalue weighted by atomic mass is 16.3. The van der Waals surface area contributed by atoms with Gasteiger partial charge in [0, 0.05) is 13.2 Å². The highest BCUT2D eigenvalue weighted by Gasteiger charge is 2.08. The van der Waals surface area contributed by atoms with Crippen LogP contribution in [0.15, 0.2) is 6.07 Å². The van der Waals surface area contributed by atoms with Gasteiger partial charge in [-0.2, -0.15) is 0 Å². The summed E-state index contributed by atoms with van der Waals surface area (Å²) in [5.41, 5.74) is 7.13. The Hall–Kier alpha value is -0.860. The molecular formula is C17H29NO. The third-order valence-corrected chi connectivity index (χ3v) is 4.34. The molecule has 1 aromatic rings. The lowest BCUT2D eigenvalue weighted by Gasteiger charge is -2.17. The SMILES string of the molecule is CCC(CO)CNCCc1c(C)c(C)cc(C)c1C. The molecule has 0 fully saturated rings. The average Bonchev–Trinajstić information content (AvgIpc) is 2.40. The summed E-state index contributed by atoms with van der Waals surface area (Å²) in [6.07, 6.45) is 2.10. The maximum atomic E-state index is 9.16. The summed E-state index contributed by atoms with van der Waals surface area (Å²) in [6, 6.07) is 2.28. The summed E-state index contributed by atoms with van der Waals surface area (Å²) in [7, 11) is 0. The lowest BCUT2D eigenvalue weighted by atomic mass is 9.92. The molecule has 0 aromatic heterocycles. The standard InChI is InChI=1S/C17H29NO/c1-6-16(11-19)10-18-8-7-17-14(4)12(2)9-13(3)15(17)5/h9,16,18-19H,6-8,10-11H2,1-5H3. The Labute approximate surface area is 118 Å². The van der Waals surface area contributed by atoms with Crippen LogP contribution in [0.2, 0.25) is 0 Å². The molecule has 0 heterocycles. The Morgan fingerprint density at radius 1 is 1.11 bits per heavy atom. The number of rotatable bonds is 7. The Morgan fingerprint density at radius 2 is 1.68 bits per heavy atom. The molecule has 0 saturated carbocycles. The van der Waals surface area contributed by atoms with E-state index in [0.29, 0.717) is 5.92 Å². The van der Waals surface area contributed by atoms with Crippen LogP contribution < -0.4 is 5.32 Å². The first-order chi connectivity index (χ1) is 9.01. The summed E-state index contributed by atoms with van der Waals surface area (Å²) < 4.78 is 0. The summed E-state index contributed by atoms with van der Waals surface area (Å²) >= 11 is 0. The van der Waals surface area contributed by atoms with Gasteiger partial charge in [-0.05, 0) is 80.8 Å². The first-order valence-electron chi connectivity index (χ1n) is 7.39. The Morgan fingerprint density at radius 3 is 2.16 bits per heavy atom. The van der Waals surface area contributed by atoms with Gasteiger partial charge in [0.15, 0.2) is 0 Å². The first-order valence-corrected chi connectivity index (χ1v) is 7.39. The third-order valence-electron chi connectivity index (χ3n) is 4.34. The van der Waals surface area contributed by atoms with Crippen molar-refractivity contribution in [1.29, 1.82) is 0 Å². The molecule has 1 aromatic carbocycles. The zero-order valence-corrected chi connectivity index (χ0v) is 13.1. The van der Waals surface area contributed by atoms with Crippen LogP contribution in [-0.4, -0.2) is 24.8 Å². The molecule has 2 N–H and O–H groups in total. The van der Waals surface area contributed by atoms with Crippen LogP contribution >= 0.6 is 0 Å². The van der Waals surface area contributed by atoms with Gasteiger partial charge >= 0.3 is 0 Å². The smallest absolute Gasteiger partial charge is 0.0471 e. The van der Waals surface area contributed by atoms with Crippen molar-refractivity contribution in [1.82, 2.24) is 5.32 Å². The van der Waals surface area contributed by atoms with E-state index < -0.39 is 0 Å². The van der Waals surface area contributed by atoms with Crippen LogP contribution in [0.5, 0.6) is 0 Å². The molecule has 0 aliphatic heterocycles. The highest BCUT2D eigenvalue weighted by Crippen LogP contribution is 2.21. The lowest BCUT2D eigenvalue weighted by Crippen LogP contribution is -2.27. The van der Waals surface area contributed by atoms with Crippen molar-refractivity contribution < 1.29 is 5.11 Å². The van der Waals surface area contributed by atoms with Gasteiger partial charge in [0.2, 0.25) is 0 Å². The number of nitrogens with one attached hydrogen (secondary N) is 1. The molecule has 2 heteroatoms. The van der Waals surface area contributed by atoms with Crippen molar-refractivity contribution in [3.05, 3.63) is 33.9 Å². The van der Waals surface area contributed by atoms with Gasteiger partial charge in [-0.3, -0.25) is 0 Å². The monoisotopic (exact) mass is 263 g/mol. The molecule has 108 valence electrons. The molecule has 19 heavy (non-hydrogen) atoms. The van der Waals surface area contributed by atoms with E-state index in [1.807, 2.05) is 0 Å². The molecule has 1 unspecified atom stereocenters. The van der Waals surface area contributed by atoms with E-state index in [9.17, 15) is 0 Å². The second-order valence-electron chi connectivity index (χ2n) is 5.65. The number of aryl methyl sites for hydroxylation is 2. The van der Waals surface area contributed by atoms with Crippen LogP contribution in [0.25, 0.3) is 0 Å². The summed E-state index contributed by atoms with van der Waals surface area (Å²) in [5, 5.41) is 12.6. The zero-order valence-electron chi connectivity index (χ0n) is 13.1. The topological polar surface area (TPSA) is 32.3 Å². The van der Waals surface area contributed by atoms with Gasteiger partial charge in [-0.25, -0.2) is 0 Å². The summed E-state index contributed by atoms with van der Waals surface area (Å²) in [5.74, 6) is 0.390.